The molecular formula is C27H33NO3. The molecule has 1 N–H and O–H groups in total. The highest BCUT2D eigenvalue weighted by atomic mass is 16.5. The topological polar surface area (TPSA) is 55.5 Å². The Hall–Kier alpha value is -2.59. The fourth-order valence-corrected chi connectivity index (χ4v) is 4.44. The third kappa shape index (κ3) is 5.01. The van der Waals surface area contributed by atoms with Gasteiger partial charge in [0.05, 0.1) is 18.4 Å². The minimum atomic E-state index is -0.202. The molecule has 1 aromatic heterocycles. The van der Waals surface area contributed by atoms with Gasteiger partial charge in [0.15, 0.2) is 0 Å². The number of oxazole rings is 1. The third-order valence-electron chi connectivity index (χ3n) is 6.45. The maximum atomic E-state index is 10.0. The van der Waals surface area contributed by atoms with Crippen molar-refractivity contribution in [1.82, 2.24) is 4.98 Å². The zero-order chi connectivity index (χ0) is 21.8. The van der Waals surface area contributed by atoms with Crippen LogP contribution in [0.25, 0.3) is 11.5 Å². The summed E-state index contributed by atoms with van der Waals surface area (Å²) in [5.41, 5.74) is 6.01. The SMILES string of the molecule is CCc1ccc(-c2nc(CCOc3ccc4c(c3)CCC4CC(O)CC)c(C)o2)cc1. The van der Waals surface area contributed by atoms with E-state index in [0.29, 0.717) is 24.8 Å². The number of rotatable bonds is 9. The average Bonchev–Trinajstić information content (AvgIpc) is 3.36. The third-order valence-corrected chi connectivity index (χ3v) is 6.45. The highest BCUT2D eigenvalue weighted by Crippen LogP contribution is 2.38. The largest absolute Gasteiger partial charge is 0.493 e. The first-order valence-electron chi connectivity index (χ1n) is 11.6. The van der Waals surface area contributed by atoms with Crippen LogP contribution in [0.4, 0.5) is 0 Å². The van der Waals surface area contributed by atoms with Crippen LogP contribution in [0.5, 0.6) is 5.75 Å². The van der Waals surface area contributed by atoms with Crippen LogP contribution in [0.2, 0.25) is 0 Å². The van der Waals surface area contributed by atoms with Crippen molar-refractivity contribution in [2.24, 2.45) is 0 Å². The minimum Gasteiger partial charge on any atom is -0.493 e. The van der Waals surface area contributed by atoms with E-state index in [2.05, 4.69) is 49.4 Å². The van der Waals surface area contributed by atoms with Crippen LogP contribution in [-0.2, 0) is 19.3 Å². The van der Waals surface area contributed by atoms with Crippen LogP contribution in [-0.4, -0.2) is 22.8 Å². The lowest BCUT2D eigenvalue weighted by Gasteiger charge is -2.15. The van der Waals surface area contributed by atoms with Crippen molar-refractivity contribution in [1.29, 1.82) is 0 Å². The van der Waals surface area contributed by atoms with Crippen LogP contribution in [0.15, 0.2) is 46.9 Å². The lowest BCUT2D eigenvalue weighted by atomic mass is 9.94. The number of aliphatic hydroxyl groups excluding tert-OH is 1. The van der Waals surface area contributed by atoms with Gasteiger partial charge in [0, 0.05) is 12.0 Å². The molecule has 4 heteroatoms. The second-order valence-corrected chi connectivity index (χ2v) is 8.56. The summed E-state index contributed by atoms with van der Waals surface area (Å²) in [4.78, 5) is 4.70. The van der Waals surface area contributed by atoms with Crippen molar-refractivity contribution in [2.75, 3.05) is 6.61 Å². The monoisotopic (exact) mass is 419 g/mol. The van der Waals surface area contributed by atoms with Crippen molar-refractivity contribution in [3.8, 4) is 17.2 Å². The lowest BCUT2D eigenvalue weighted by molar-refractivity contribution is 0.150. The molecule has 1 heterocycles. The van der Waals surface area contributed by atoms with Gasteiger partial charge in [0.2, 0.25) is 5.89 Å². The highest BCUT2D eigenvalue weighted by molar-refractivity contribution is 5.54. The van der Waals surface area contributed by atoms with E-state index in [1.165, 1.54) is 16.7 Å². The van der Waals surface area contributed by atoms with E-state index in [1.54, 1.807) is 0 Å². The average molecular weight is 420 g/mol. The molecule has 0 radical (unpaired) electrons. The van der Waals surface area contributed by atoms with Crippen LogP contribution in [0.1, 0.15) is 67.2 Å². The second-order valence-electron chi connectivity index (χ2n) is 8.56. The van der Waals surface area contributed by atoms with Crippen LogP contribution < -0.4 is 4.74 Å². The van der Waals surface area contributed by atoms with Crippen molar-refractivity contribution in [2.45, 2.75) is 71.3 Å². The Bertz CT molecular complexity index is 1010. The molecule has 0 spiro atoms. The molecule has 4 rings (SSSR count). The molecule has 0 aliphatic heterocycles. The maximum absolute atomic E-state index is 10.0. The number of aromatic nitrogens is 1. The van der Waals surface area contributed by atoms with Gasteiger partial charge in [0.1, 0.15) is 11.5 Å². The van der Waals surface area contributed by atoms with Crippen LogP contribution in [0, 0.1) is 6.92 Å². The number of nitrogens with zero attached hydrogens (tertiary/aromatic N) is 1. The normalized spacial score (nSPS) is 16.3. The number of ether oxygens (including phenoxy) is 1. The van der Waals surface area contributed by atoms with Gasteiger partial charge in [-0.25, -0.2) is 4.98 Å². The Labute approximate surface area is 185 Å². The number of benzene rings is 2. The molecule has 1 aliphatic rings. The Balaban J connectivity index is 1.35. The first kappa shape index (κ1) is 21.6. The number of hydrogen-bond acceptors (Lipinski definition) is 4. The molecule has 0 saturated carbocycles. The first-order valence-corrected chi connectivity index (χ1v) is 11.6. The summed E-state index contributed by atoms with van der Waals surface area (Å²) < 4.78 is 11.9. The number of fused-ring (bicyclic) bond motifs is 1. The fraction of sp³-hybridized carbons (Fsp3) is 0.444. The van der Waals surface area contributed by atoms with Crippen molar-refractivity contribution >= 4 is 0 Å². The van der Waals surface area contributed by atoms with Gasteiger partial charge in [-0.2, -0.15) is 0 Å². The molecule has 31 heavy (non-hydrogen) atoms. The van der Waals surface area contributed by atoms with Gasteiger partial charge in [-0.1, -0.05) is 32.0 Å². The molecule has 0 amide bonds. The van der Waals surface area contributed by atoms with Gasteiger partial charge >= 0.3 is 0 Å². The van der Waals surface area contributed by atoms with Crippen LogP contribution >= 0.6 is 0 Å². The van der Waals surface area contributed by atoms with Gasteiger partial charge in [-0.15, -0.1) is 0 Å². The molecule has 4 nitrogen and oxygen atoms in total. The van der Waals surface area contributed by atoms with Gasteiger partial charge in [0.25, 0.3) is 0 Å². The molecule has 164 valence electrons. The summed E-state index contributed by atoms with van der Waals surface area (Å²) in [6.45, 7) is 6.72. The van der Waals surface area contributed by atoms with Gasteiger partial charge in [-0.05, 0) is 85.9 Å². The Morgan fingerprint density at radius 3 is 2.71 bits per heavy atom. The molecule has 1 aliphatic carbocycles. The van der Waals surface area contributed by atoms with E-state index < -0.39 is 0 Å². The Morgan fingerprint density at radius 2 is 1.97 bits per heavy atom. The van der Waals surface area contributed by atoms with Crippen molar-refractivity contribution < 1.29 is 14.3 Å². The molecule has 0 saturated heterocycles. The van der Waals surface area contributed by atoms with E-state index in [0.717, 1.165) is 54.9 Å². The molecular weight excluding hydrogens is 386 g/mol. The zero-order valence-electron chi connectivity index (χ0n) is 18.9. The summed E-state index contributed by atoms with van der Waals surface area (Å²) in [7, 11) is 0. The summed E-state index contributed by atoms with van der Waals surface area (Å²) in [5, 5.41) is 10.0. The van der Waals surface area contributed by atoms with E-state index in [1.807, 2.05) is 13.8 Å². The zero-order valence-corrected chi connectivity index (χ0v) is 18.9. The molecule has 0 bridgehead atoms. The number of hydrogen-bond donors (Lipinski definition) is 1. The summed E-state index contributed by atoms with van der Waals surface area (Å²) in [6, 6.07) is 14.8. The quantitative estimate of drug-likeness (QED) is 0.460. The lowest BCUT2D eigenvalue weighted by Crippen LogP contribution is -2.09. The number of aliphatic hydroxyl groups is 1. The maximum Gasteiger partial charge on any atom is 0.226 e. The van der Waals surface area contributed by atoms with Crippen molar-refractivity contribution in [3.05, 3.63) is 70.6 Å². The molecule has 2 aromatic carbocycles. The highest BCUT2D eigenvalue weighted by Gasteiger charge is 2.24. The summed E-state index contributed by atoms with van der Waals surface area (Å²) >= 11 is 0. The minimum absolute atomic E-state index is 0.202. The van der Waals surface area contributed by atoms with E-state index in [4.69, 9.17) is 14.1 Å². The standard InChI is InChI=1S/C27H33NO3/c1-4-19-6-8-20(9-7-19)27-28-26(18(3)31-27)14-15-30-24-12-13-25-21(16-23(29)5-2)10-11-22(25)17-24/h6-9,12-13,17,21,23,29H,4-5,10-11,14-16H2,1-3H3. The summed E-state index contributed by atoms with van der Waals surface area (Å²) in [6.07, 6.45) is 5.40. The smallest absolute Gasteiger partial charge is 0.226 e. The summed E-state index contributed by atoms with van der Waals surface area (Å²) in [5.74, 6) is 2.91. The molecule has 2 unspecified atom stereocenters. The van der Waals surface area contributed by atoms with E-state index in [-0.39, 0.29) is 6.10 Å². The van der Waals surface area contributed by atoms with Gasteiger partial charge < -0.3 is 14.3 Å². The molecule has 2 atom stereocenters. The van der Waals surface area contributed by atoms with Crippen molar-refractivity contribution in [3.63, 3.8) is 0 Å². The molecule has 3 aromatic rings. The first-order chi connectivity index (χ1) is 15.1. The van der Waals surface area contributed by atoms with E-state index >= 15 is 0 Å². The number of aryl methyl sites for hydroxylation is 3. The second kappa shape index (κ2) is 9.69. The predicted molar refractivity (Wildman–Crippen MR) is 124 cm³/mol. The Kier molecular flexibility index (Phi) is 6.77. The molecule has 0 fully saturated rings. The van der Waals surface area contributed by atoms with E-state index in [9.17, 15) is 5.11 Å². The predicted octanol–water partition coefficient (Wildman–Crippen LogP) is 6.02. The van der Waals surface area contributed by atoms with Crippen LogP contribution in [0.3, 0.4) is 0 Å². The van der Waals surface area contributed by atoms with Gasteiger partial charge in [-0.3, -0.25) is 0 Å². The fourth-order valence-electron chi connectivity index (χ4n) is 4.44. The Morgan fingerprint density at radius 1 is 1.16 bits per heavy atom.